The van der Waals surface area contributed by atoms with Gasteiger partial charge in [0.1, 0.15) is 10.5 Å². The van der Waals surface area contributed by atoms with Gasteiger partial charge in [-0.05, 0) is 76.2 Å². The van der Waals surface area contributed by atoms with E-state index in [1.54, 1.807) is 7.11 Å². The fourth-order valence-corrected chi connectivity index (χ4v) is 5.60. The van der Waals surface area contributed by atoms with Crippen molar-refractivity contribution < 1.29 is 9.29 Å². The molecule has 1 aliphatic carbocycles. The van der Waals surface area contributed by atoms with Gasteiger partial charge in [0.05, 0.1) is 13.2 Å². The van der Waals surface area contributed by atoms with Gasteiger partial charge in [0.2, 0.25) is 0 Å². The Bertz CT molecular complexity index is 648. The molecular weight excluding hydrogens is 356 g/mol. The molecule has 1 spiro atoms. The Hall–Kier alpha value is -0.750. The summed E-state index contributed by atoms with van der Waals surface area (Å²) in [5.41, 5.74) is 2.72. The summed E-state index contributed by atoms with van der Waals surface area (Å²) in [4.78, 5) is 2.59. The maximum absolute atomic E-state index is 13.0. The molecule has 1 aromatic carbocycles. The van der Waals surface area contributed by atoms with E-state index in [9.17, 15) is 4.55 Å². The molecule has 1 saturated heterocycles. The van der Waals surface area contributed by atoms with E-state index < -0.39 is 11.4 Å². The predicted octanol–water partition coefficient (Wildman–Crippen LogP) is 4.08. The number of hydrogen-bond acceptors (Lipinski definition) is 4. The molecule has 0 saturated carbocycles. The van der Waals surface area contributed by atoms with E-state index in [2.05, 4.69) is 41.7 Å². The Balaban J connectivity index is 1.88. The molecule has 0 bridgehead atoms. The van der Waals surface area contributed by atoms with Crippen LogP contribution in [0.25, 0.3) is 0 Å². The van der Waals surface area contributed by atoms with Gasteiger partial charge in [0.25, 0.3) is 0 Å². The average Bonchev–Trinajstić information content (AvgIpc) is 2.89. The lowest BCUT2D eigenvalue weighted by molar-refractivity contribution is 0.0771. The average molecular weight is 393 g/mol. The zero-order valence-electron chi connectivity index (χ0n) is 17.8. The molecule has 0 amide bonds. The summed E-state index contributed by atoms with van der Waals surface area (Å²) in [7, 11) is 1.75. The number of nitrogens with one attached hydrogen (secondary N) is 1. The van der Waals surface area contributed by atoms with Crippen molar-refractivity contribution in [3.05, 3.63) is 29.3 Å². The van der Waals surface area contributed by atoms with Crippen molar-refractivity contribution >= 4 is 11.4 Å². The molecule has 152 valence electrons. The quantitative estimate of drug-likeness (QED) is 0.767. The van der Waals surface area contributed by atoms with Crippen LogP contribution in [0.1, 0.15) is 64.6 Å². The van der Waals surface area contributed by atoms with Crippen molar-refractivity contribution in [2.75, 3.05) is 26.7 Å². The third-order valence-corrected chi connectivity index (χ3v) is 7.66. The number of benzene rings is 1. The second kappa shape index (κ2) is 7.94. The lowest BCUT2D eigenvalue weighted by atomic mass is 9.73. The molecule has 0 aromatic heterocycles. The van der Waals surface area contributed by atoms with Gasteiger partial charge in [0, 0.05) is 23.3 Å². The molecule has 1 aromatic rings. The highest BCUT2D eigenvalue weighted by Gasteiger charge is 2.51. The normalized spacial score (nSPS) is 23.6. The summed E-state index contributed by atoms with van der Waals surface area (Å²) in [6, 6.07) is 6.46. The van der Waals surface area contributed by atoms with Crippen molar-refractivity contribution in [2.24, 2.45) is 11.3 Å². The van der Waals surface area contributed by atoms with E-state index in [-0.39, 0.29) is 16.2 Å². The number of likely N-dealkylation sites (tertiary alicyclic amines) is 1. The van der Waals surface area contributed by atoms with Crippen LogP contribution in [0.3, 0.4) is 0 Å². The summed E-state index contributed by atoms with van der Waals surface area (Å²) in [5, 5.41) is 0. The van der Waals surface area contributed by atoms with Crippen molar-refractivity contribution in [1.82, 2.24) is 9.62 Å². The van der Waals surface area contributed by atoms with Crippen LogP contribution in [0.2, 0.25) is 0 Å². The third kappa shape index (κ3) is 4.31. The second-order valence-corrected chi connectivity index (χ2v) is 11.7. The molecule has 1 heterocycles. The monoisotopic (exact) mass is 392 g/mol. The van der Waals surface area contributed by atoms with E-state index in [0.717, 1.165) is 38.1 Å². The van der Waals surface area contributed by atoms with E-state index in [1.165, 1.54) is 17.7 Å². The number of piperidine rings is 1. The van der Waals surface area contributed by atoms with Gasteiger partial charge in [-0.25, -0.2) is 0 Å². The van der Waals surface area contributed by atoms with E-state index >= 15 is 0 Å². The Labute approximate surface area is 168 Å². The summed E-state index contributed by atoms with van der Waals surface area (Å²) in [5.74, 6) is 1.67. The van der Waals surface area contributed by atoms with Crippen molar-refractivity contribution in [3.8, 4) is 5.75 Å². The van der Waals surface area contributed by atoms with Crippen LogP contribution >= 0.6 is 0 Å². The van der Waals surface area contributed by atoms with E-state index in [1.807, 2.05) is 20.8 Å². The fourth-order valence-electron chi connectivity index (χ4n) is 4.65. The molecule has 1 fully saturated rings. The fraction of sp³-hybridized carbons (Fsp3) is 0.727. The van der Waals surface area contributed by atoms with Gasteiger partial charge >= 0.3 is 0 Å². The maximum Gasteiger partial charge on any atom is 0.136 e. The molecule has 1 aliphatic heterocycles. The van der Waals surface area contributed by atoms with Crippen molar-refractivity contribution in [1.29, 1.82) is 0 Å². The minimum Gasteiger partial charge on any atom is -0.598 e. The molecular formula is C22H36N2O2S. The highest BCUT2D eigenvalue weighted by atomic mass is 32.2. The number of nitrogens with zero attached hydrogens (tertiary/aromatic N) is 1. The van der Waals surface area contributed by atoms with Gasteiger partial charge in [0.15, 0.2) is 0 Å². The van der Waals surface area contributed by atoms with Crippen LogP contribution < -0.4 is 9.46 Å². The van der Waals surface area contributed by atoms with Gasteiger partial charge in [-0.15, -0.1) is 4.72 Å². The smallest absolute Gasteiger partial charge is 0.136 e. The number of ether oxygens (including phenoxy) is 1. The van der Waals surface area contributed by atoms with E-state index in [4.69, 9.17) is 4.74 Å². The van der Waals surface area contributed by atoms with Crippen molar-refractivity contribution in [3.63, 3.8) is 0 Å². The summed E-state index contributed by atoms with van der Waals surface area (Å²) in [6.45, 7) is 14.1. The highest BCUT2D eigenvalue weighted by molar-refractivity contribution is 7.90. The zero-order chi connectivity index (χ0) is 19.8. The standard InChI is InChI=1S/C22H36N2O2S/c1-16(2)15-24-12-10-22(11-13-24)14-18-17(8-7-9-19(18)26-6)20(22)23-27(25)21(3,4)5/h7-9,16,20,23H,10-15H2,1-6H3/t20-,27?/m1/s1. The third-order valence-electron chi connectivity index (χ3n) is 6.10. The Morgan fingerprint density at radius 3 is 2.52 bits per heavy atom. The predicted molar refractivity (Wildman–Crippen MR) is 113 cm³/mol. The Morgan fingerprint density at radius 1 is 1.30 bits per heavy atom. The maximum atomic E-state index is 13.0. The summed E-state index contributed by atoms with van der Waals surface area (Å²) in [6.07, 6.45) is 3.29. The molecule has 2 atom stereocenters. The first-order chi connectivity index (χ1) is 12.7. The largest absolute Gasteiger partial charge is 0.598 e. The van der Waals surface area contributed by atoms with Crippen LogP contribution in [0.15, 0.2) is 18.2 Å². The van der Waals surface area contributed by atoms with Gasteiger partial charge in [-0.2, -0.15) is 0 Å². The first-order valence-corrected chi connectivity index (χ1v) is 11.4. The van der Waals surface area contributed by atoms with Gasteiger partial charge in [-0.3, -0.25) is 0 Å². The number of hydrogen-bond donors (Lipinski definition) is 1. The molecule has 3 rings (SSSR count). The van der Waals surface area contributed by atoms with Crippen LogP contribution in [0, 0.1) is 11.3 Å². The Kier molecular flexibility index (Phi) is 6.17. The lowest BCUT2D eigenvalue weighted by Crippen LogP contribution is -2.50. The van der Waals surface area contributed by atoms with Crippen LogP contribution in [-0.4, -0.2) is 40.9 Å². The number of methoxy groups -OCH3 is 1. The minimum atomic E-state index is -1.09. The van der Waals surface area contributed by atoms with Crippen LogP contribution in [0.5, 0.6) is 5.75 Å². The molecule has 27 heavy (non-hydrogen) atoms. The number of rotatable bonds is 5. The molecule has 5 heteroatoms. The topological polar surface area (TPSA) is 47.6 Å². The van der Waals surface area contributed by atoms with Crippen LogP contribution in [0.4, 0.5) is 0 Å². The van der Waals surface area contributed by atoms with Crippen molar-refractivity contribution in [2.45, 2.75) is 64.7 Å². The first kappa shape index (κ1) is 21.0. The summed E-state index contributed by atoms with van der Waals surface area (Å²) < 4.78 is 21.9. The number of fused-ring (bicyclic) bond motifs is 1. The van der Waals surface area contributed by atoms with Gasteiger partial charge in [-0.1, -0.05) is 26.0 Å². The second-order valence-electron chi connectivity index (χ2n) is 9.69. The molecule has 1 N–H and O–H groups in total. The summed E-state index contributed by atoms with van der Waals surface area (Å²) >= 11 is -1.09. The zero-order valence-corrected chi connectivity index (χ0v) is 18.6. The minimum absolute atomic E-state index is 0.129. The first-order valence-electron chi connectivity index (χ1n) is 10.2. The highest BCUT2D eigenvalue weighted by Crippen LogP contribution is 2.54. The molecule has 0 radical (unpaired) electrons. The Morgan fingerprint density at radius 2 is 1.96 bits per heavy atom. The lowest BCUT2D eigenvalue weighted by Gasteiger charge is -2.44. The van der Waals surface area contributed by atoms with E-state index in [0.29, 0.717) is 5.92 Å². The van der Waals surface area contributed by atoms with Crippen LogP contribution in [-0.2, 0) is 17.8 Å². The SMILES string of the molecule is COc1cccc2c1CC1(CCN(CC(C)C)CC1)[C@@H]2N[S+]([O-])C(C)(C)C. The molecule has 4 nitrogen and oxygen atoms in total. The van der Waals surface area contributed by atoms with Gasteiger partial charge < -0.3 is 14.2 Å². The molecule has 1 unspecified atom stereocenters. The molecule has 2 aliphatic rings.